The van der Waals surface area contributed by atoms with Crippen molar-refractivity contribution in [3.63, 3.8) is 0 Å². The third-order valence-electron chi connectivity index (χ3n) is 13.6. The summed E-state index contributed by atoms with van der Waals surface area (Å²) in [7, 11) is 0. The van der Waals surface area contributed by atoms with Crippen molar-refractivity contribution in [2.75, 3.05) is 13.2 Å². The van der Waals surface area contributed by atoms with E-state index in [2.05, 4.69) is 123 Å². The van der Waals surface area contributed by atoms with Crippen LogP contribution in [-0.2, 0) is 19.1 Å². The number of carbonyl (C=O) groups is 2. The van der Waals surface area contributed by atoms with Gasteiger partial charge in [0, 0.05) is 12.8 Å². The molecular formula is C69H118O5. The molecule has 0 saturated heterocycles. The van der Waals surface area contributed by atoms with Gasteiger partial charge in [0.25, 0.3) is 0 Å². The van der Waals surface area contributed by atoms with Gasteiger partial charge >= 0.3 is 11.9 Å². The Labute approximate surface area is 459 Å². The molecule has 0 spiro atoms. The molecule has 0 aromatic heterocycles. The van der Waals surface area contributed by atoms with E-state index in [1.54, 1.807) is 0 Å². The van der Waals surface area contributed by atoms with Gasteiger partial charge in [0.2, 0.25) is 0 Å². The SMILES string of the molecule is CC/C=C\C/C=C\C/C=C\C/C=C\C/C=C\C/C=C\C/C=C\CCCCCCCCCCCCCCCCCCCCCC(=O)OC(CO)COC(=O)CCCCCCCCCCC/C=C\C/C=C\CCCCC. The second kappa shape index (κ2) is 63.8. The molecule has 5 nitrogen and oxygen atoms in total. The van der Waals surface area contributed by atoms with Crippen LogP contribution in [0.1, 0.15) is 296 Å². The highest BCUT2D eigenvalue weighted by Crippen LogP contribution is 2.17. The van der Waals surface area contributed by atoms with Crippen molar-refractivity contribution >= 4 is 11.9 Å². The van der Waals surface area contributed by atoms with Gasteiger partial charge in [0.05, 0.1) is 6.61 Å². The predicted molar refractivity (Wildman–Crippen MR) is 325 cm³/mol. The number of unbranched alkanes of at least 4 members (excludes halogenated alkanes) is 31. The fourth-order valence-corrected chi connectivity index (χ4v) is 8.86. The summed E-state index contributed by atoms with van der Waals surface area (Å²) in [6, 6.07) is 0. The third kappa shape index (κ3) is 61.1. The molecule has 0 radical (unpaired) electrons. The van der Waals surface area contributed by atoms with Crippen LogP contribution in [0.4, 0.5) is 0 Å². The smallest absolute Gasteiger partial charge is 0.306 e. The summed E-state index contributed by atoms with van der Waals surface area (Å²) >= 11 is 0. The highest BCUT2D eigenvalue weighted by Gasteiger charge is 2.16. The van der Waals surface area contributed by atoms with Crippen LogP contribution in [0.25, 0.3) is 0 Å². The standard InChI is InChI=1S/C69H118O5/c1-3-5-7-9-11-13-15-17-19-21-23-24-25-26-27-28-29-30-31-32-33-34-35-36-37-38-39-40-41-42-43-44-46-48-50-52-54-56-58-60-62-64-69(72)74-67(65-70)66-73-68(71)63-61-59-57-55-53-51-49-47-45-22-20-18-16-14-12-10-8-6-4-2/h5,7,11-14,17-20,23-24,26-27,29-30,32-33,67,70H,3-4,6,8-10,15-16,21-22,25,28,31,34-66H2,1-2H3/b7-5-,13-11-,14-12-,19-17-,20-18-,24-23-,27-26-,30-29-,33-32-. The van der Waals surface area contributed by atoms with E-state index in [0.717, 1.165) is 89.9 Å². The van der Waals surface area contributed by atoms with Crippen molar-refractivity contribution in [1.82, 2.24) is 0 Å². The molecule has 0 amide bonds. The number of rotatable bonds is 57. The van der Waals surface area contributed by atoms with E-state index in [-0.39, 0.29) is 25.2 Å². The lowest BCUT2D eigenvalue weighted by molar-refractivity contribution is -0.161. The minimum absolute atomic E-state index is 0.0688. The largest absolute Gasteiger partial charge is 0.462 e. The number of esters is 2. The van der Waals surface area contributed by atoms with E-state index in [4.69, 9.17) is 9.47 Å². The minimum Gasteiger partial charge on any atom is -0.462 e. The van der Waals surface area contributed by atoms with Crippen LogP contribution in [0.15, 0.2) is 109 Å². The molecule has 5 heteroatoms. The second-order valence-electron chi connectivity index (χ2n) is 20.8. The first-order valence-electron chi connectivity index (χ1n) is 31.4. The lowest BCUT2D eigenvalue weighted by atomic mass is 10.0. The van der Waals surface area contributed by atoms with E-state index in [0.29, 0.717) is 12.8 Å². The van der Waals surface area contributed by atoms with Gasteiger partial charge < -0.3 is 14.6 Å². The first kappa shape index (κ1) is 70.6. The Balaban J connectivity index is 3.46. The molecule has 1 N–H and O–H groups in total. The van der Waals surface area contributed by atoms with Crippen molar-refractivity contribution in [2.45, 2.75) is 302 Å². The Bertz CT molecular complexity index is 1440. The number of hydrogen-bond acceptors (Lipinski definition) is 5. The van der Waals surface area contributed by atoms with Gasteiger partial charge in [-0.05, 0) is 103 Å². The van der Waals surface area contributed by atoms with Crippen LogP contribution in [0.2, 0.25) is 0 Å². The average molecular weight is 1030 g/mol. The van der Waals surface area contributed by atoms with Gasteiger partial charge in [0.1, 0.15) is 6.61 Å². The molecule has 0 aliphatic rings. The highest BCUT2D eigenvalue weighted by atomic mass is 16.6. The zero-order chi connectivity index (χ0) is 53.4. The summed E-state index contributed by atoms with van der Waals surface area (Å²) in [6.45, 7) is 4.02. The molecule has 0 saturated carbocycles. The molecule has 0 heterocycles. The molecule has 0 aromatic rings. The summed E-state index contributed by atoms with van der Waals surface area (Å²) < 4.78 is 10.7. The van der Waals surface area contributed by atoms with Crippen LogP contribution < -0.4 is 0 Å². The molecule has 1 unspecified atom stereocenters. The molecule has 74 heavy (non-hydrogen) atoms. The maximum absolute atomic E-state index is 12.3. The monoisotopic (exact) mass is 1030 g/mol. The van der Waals surface area contributed by atoms with Gasteiger partial charge in [-0.1, -0.05) is 290 Å². The van der Waals surface area contributed by atoms with E-state index < -0.39 is 6.10 Å². The van der Waals surface area contributed by atoms with Crippen molar-refractivity contribution in [1.29, 1.82) is 0 Å². The summed E-state index contributed by atoms with van der Waals surface area (Å²) in [6.07, 6.45) is 92.3. The first-order chi connectivity index (χ1) is 36.6. The Morgan fingerprint density at radius 1 is 0.324 bits per heavy atom. The van der Waals surface area contributed by atoms with Gasteiger partial charge in [-0.25, -0.2) is 0 Å². The Morgan fingerprint density at radius 3 is 0.878 bits per heavy atom. The average Bonchev–Trinajstić information content (AvgIpc) is 3.40. The molecule has 0 rings (SSSR count). The molecule has 1 atom stereocenters. The predicted octanol–water partition coefficient (Wildman–Crippen LogP) is 21.6. The van der Waals surface area contributed by atoms with Crippen LogP contribution in [0, 0.1) is 0 Å². The Kier molecular flexibility index (Phi) is 60.9. The number of allylic oxidation sites excluding steroid dienone is 18. The van der Waals surface area contributed by atoms with E-state index >= 15 is 0 Å². The maximum Gasteiger partial charge on any atom is 0.306 e. The topological polar surface area (TPSA) is 72.8 Å². The molecule has 0 aliphatic heterocycles. The normalized spacial score (nSPS) is 13.0. The van der Waals surface area contributed by atoms with Crippen molar-refractivity contribution < 1.29 is 24.2 Å². The van der Waals surface area contributed by atoms with Crippen molar-refractivity contribution in [2.24, 2.45) is 0 Å². The van der Waals surface area contributed by atoms with E-state index in [1.807, 2.05) is 0 Å². The maximum atomic E-state index is 12.3. The lowest BCUT2D eigenvalue weighted by Gasteiger charge is -2.15. The fraction of sp³-hybridized carbons (Fsp3) is 0.710. The lowest BCUT2D eigenvalue weighted by Crippen LogP contribution is -2.28. The number of ether oxygens (including phenoxy) is 2. The highest BCUT2D eigenvalue weighted by molar-refractivity contribution is 5.70. The summed E-state index contributed by atoms with van der Waals surface area (Å²) in [5.41, 5.74) is 0. The fourth-order valence-electron chi connectivity index (χ4n) is 8.86. The molecule has 0 aliphatic carbocycles. The zero-order valence-corrected chi connectivity index (χ0v) is 48.6. The second-order valence-corrected chi connectivity index (χ2v) is 20.8. The summed E-state index contributed by atoms with van der Waals surface area (Å²) in [4.78, 5) is 24.5. The van der Waals surface area contributed by atoms with Crippen molar-refractivity contribution in [3.05, 3.63) is 109 Å². The number of aliphatic hydroxyl groups is 1. The van der Waals surface area contributed by atoms with Gasteiger partial charge in [-0.3, -0.25) is 9.59 Å². The third-order valence-corrected chi connectivity index (χ3v) is 13.6. The van der Waals surface area contributed by atoms with Gasteiger partial charge in [-0.2, -0.15) is 0 Å². The molecule has 0 bridgehead atoms. The van der Waals surface area contributed by atoms with Crippen LogP contribution in [0.3, 0.4) is 0 Å². The summed E-state index contributed by atoms with van der Waals surface area (Å²) in [5.74, 6) is -0.588. The quantitative estimate of drug-likeness (QED) is 0.0373. The Morgan fingerprint density at radius 2 is 0.581 bits per heavy atom. The molecule has 0 fully saturated rings. The Hall–Kier alpha value is -3.44. The molecule has 424 valence electrons. The van der Waals surface area contributed by atoms with Crippen LogP contribution in [0.5, 0.6) is 0 Å². The van der Waals surface area contributed by atoms with Gasteiger partial charge in [0.15, 0.2) is 6.10 Å². The van der Waals surface area contributed by atoms with Gasteiger partial charge in [-0.15, -0.1) is 0 Å². The minimum atomic E-state index is -0.778. The van der Waals surface area contributed by atoms with E-state index in [1.165, 1.54) is 180 Å². The number of aliphatic hydroxyl groups excluding tert-OH is 1. The number of carbonyl (C=O) groups excluding carboxylic acids is 2. The number of hydrogen-bond donors (Lipinski definition) is 1. The van der Waals surface area contributed by atoms with Crippen molar-refractivity contribution in [3.8, 4) is 0 Å². The molecular weight excluding hydrogens is 909 g/mol. The first-order valence-corrected chi connectivity index (χ1v) is 31.4. The summed E-state index contributed by atoms with van der Waals surface area (Å²) in [5, 5.41) is 9.67. The zero-order valence-electron chi connectivity index (χ0n) is 48.6. The van der Waals surface area contributed by atoms with Crippen LogP contribution >= 0.6 is 0 Å². The van der Waals surface area contributed by atoms with E-state index in [9.17, 15) is 14.7 Å². The van der Waals surface area contributed by atoms with Crippen LogP contribution in [-0.4, -0.2) is 36.4 Å². The molecule has 0 aromatic carbocycles.